The Labute approximate surface area is 97.7 Å². The van der Waals surface area contributed by atoms with Gasteiger partial charge in [0.1, 0.15) is 10.3 Å². The van der Waals surface area contributed by atoms with Gasteiger partial charge in [0.05, 0.1) is 0 Å². The summed E-state index contributed by atoms with van der Waals surface area (Å²) in [6.07, 6.45) is 2.53. The highest BCUT2D eigenvalue weighted by atomic mass is 79.9. The molecule has 1 aromatic rings. The van der Waals surface area contributed by atoms with Crippen LogP contribution in [0.25, 0.3) is 0 Å². The predicted molar refractivity (Wildman–Crippen MR) is 63.7 cm³/mol. The molecule has 1 N–H and O–H groups in total. The molecule has 0 aliphatic heterocycles. The summed E-state index contributed by atoms with van der Waals surface area (Å²) in [5.74, 6) is -0.161. The highest BCUT2D eigenvalue weighted by Gasteiger charge is 2.09. The second kappa shape index (κ2) is 5.66. The molecule has 0 aliphatic rings. The van der Waals surface area contributed by atoms with E-state index < -0.39 is 0 Å². The predicted octanol–water partition coefficient (Wildman–Crippen LogP) is 2.54. The van der Waals surface area contributed by atoms with Crippen LogP contribution in [0, 0.1) is 0 Å². The molecule has 1 amide bonds. The van der Waals surface area contributed by atoms with Gasteiger partial charge in [-0.05, 0) is 41.4 Å². The van der Waals surface area contributed by atoms with Crippen molar-refractivity contribution in [2.45, 2.75) is 19.4 Å². The van der Waals surface area contributed by atoms with Crippen LogP contribution in [0.3, 0.4) is 0 Å². The van der Waals surface area contributed by atoms with E-state index in [0.717, 1.165) is 6.42 Å². The van der Waals surface area contributed by atoms with Crippen molar-refractivity contribution < 1.29 is 4.79 Å². The molecule has 4 heteroatoms. The third-order valence-electron chi connectivity index (χ3n) is 1.85. The number of aromatic nitrogens is 1. The Kier molecular flexibility index (Phi) is 4.49. The number of halogens is 1. The van der Waals surface area contributed by atoms with Gasteiger partial charge in [-0.1, -0.05) is 12.1 Å². The van der Waals surface area contributed by atoms with E-state index >= 15 is 0 Å². The zero-order valence-corrected chi connectivity index (χ0v) is 10.1. The normalized spacial score (nSPS) is 11.9. The first-order valence-corrected chi connectivity index (χ1v) is 5.47. The Balaban J connectivity index is 2.65. The average molecular weight is 269 g/mol. The molecule has 3 nitrogen and oxygen atoms in total. The summed E-state index contributed by atoms with van der Waals surface area (Å²) in [5, 5.41) is 2.83. The molecular weight excluding hydrogens is 256 g/mol. The minimum Gasteiger partial charge on any atom is -0.348 e. The lowest BCUT2D eigenvalue weighted by Crippen LogP contribution is -2.32. The summed E-state index contributed by atoms with van der Waals surface area (Å²) in [4.78, 5) is 15.7. The highest BCUT2D eigenvalue weighted by Crippen LogP contribution is 2.06. The van der Waals surface area contributed by atoms with E-state index in [-0.39, 0.29) is 11.9 Å². The van der Waals surface area contributed by atoms with E-state index in [1.54, 1.807) is 24.3 Å². The van der Waals surface area contributed by atoms with E-state index in [9.17, 15) is 4.79 Å². The Morgan fingerprint density at radius 3 is 3.07 bits per heavy atom. The van der Waals surface area contributed by atoms with Crippen LogP contribution in [-0.4, -0.2) is 16.9 Å². The average Bonchev–Trinajstić information content (AvgIpc) is 2.18. The van der Waals surface area contributed by atoms with E-state index in [0.29, 0.717) is 10.3 Å². The fraction of sp³-hybridized carbons (Fsp3) is 0.273. The van der Waals surface area contributed by atoms with Gasteiger partial charge in [-0.2, -0.15) is 0 Å². The van der Waals surface area contributed by atoms with E-state index in [1.165, 1.54) is 0 Å². The summed E-state index contributed by atoms with van der Waals surface area (Å²) in [7, 11) is 0. The van der Waals surface area contributed by atoms with Crippen molar-refractivity contribution in [1.29, 1.82) is 0 Å². The van der Waals surface area contributed by atoms with Crippen molar-refractivity contribution in [3.63, 3.8) is 0 Å². The van der Waals surface area contributed by atoms with Gasteiger partial charge < -0.3 is 5.32 Å². The molecule has 1 atom stereocenters. The molecule has 1 unspecified atom stereocenters. The van der Waals surface area contributed by atoms with Gasteiger partial charge in [-0.25, -0.2) is 4.98 Å². The van der Waals surface area contributed by atoms with Crippen LogP contribution < -0.4 is 5.32 Å². The molecule has 0 saturated heterocycles. The molecule has 80 valence electrons. The van der Waals surface area contributed by atoms with Crippen LogP contribution in [0.1, 0.15) is 23.8 Å². The van der Waals surface area contributed by atoms with E-state index in [2.05, 4.69) is 32.8 Å². The first-order valence-electron chi connectivity index (χ1n) is 4.68. The van der Waals surface area contributed by atoms with Gasteiger partial charge in [-0.15, -0.1) is 6.58 Å². The van der Waals surface area contributed by atoms with Gasteiger partial charge in [0.25, 0.3) is 5.91 Å². The second-order valence-corrected chi connectivity index (χ2v) is 4.06. The summed E-state index contributed by atoms with van der Waals surface area (Å²) in [6.45, 7) is 5.55. The van der Waals surface area contributed by atoms with Gasteiger partial charge in [0, 0.05) is 6.04 Å². The van der Waals surface area contributed by atoms with Crippen molar-refractivity contribution >= 4 is 21.8 Å². The number of nitrogens with zero attached hydrogens (tertiary/aromatic N) is 1. The maximum atomic E-state index is 11.7. The van der Waals surface area contributed by atoms with Crippen molar-refractivity contribution in [2.24, 2.45) is 0 Å². The molecule has 0 bridgehead atoms. The molecular formula is C11H13BrN2O. The lowest BCUT2D eigenvalue weighted by molar-refractivity contribution is 0.0935. The maximum Gasteiger partial charge on any atom is 0.270 e. The standard InChI is InChI=1S/C11H13BrN2O/c1-3-5-8(2)13-11(15)9-6-4-7-10(12)14-9/h3-4,6-8H,1,5H2,2H3,(H,13,15). The van der Waals surface area contributed by atoms with Gasteiger partial charge in [0.2, 0.25) is 0 Å². The smallest absolute Gasteiger partial charge is 0.270 e. The molecule has 15 heavy (non-hydrogen) atoms. The lowest BCUT2D eigenvalue weighted by atomic mass is 10.2. The number of nitrogens with one attached hydrogen (secondary N) is 1. The lowest BCUT2D eigenvalue weighted by Gasteiger charge is -2.10. The Hall–Kier alpha value is -1.16. The quantitative estimate of drug-likeness (QED) is 0.674. The van der Waals surface area contributed by atoms with E-state index in [1.807, 2.05) is 6.92 Å². The van der Waals surface area contributed by atoms with Crippen molar-refractivity contribution in [1.82, 2.24) is 10.3 Å². The first kappa shape index (κ1) is 11.9. The fourth-order valence-corrected chi connectivity index (χ4v) is 1.49. The molecule has 0 aromatic carbocycles. The minimum atomic E-state index is -0.161. The topological polar surface area (TPSA) is 42.0 Å². The van der Waals surface area contributed by atoms with Crippen molar-refractivity contribution in [2.75, 3.05) is 0 Å². The van der Waals surface area contributed by atoms with E-state index in [4.69, 9.17) is 0 Å². The zero-order valence-electron chi connectivity index (χ0n) is 8.53. The molecule has 0 radical (unpaired) electrons. The molecule has 1 heterocycles. The molecule has 0 fully saturated rings. The fourth-order valence-electron chi connectivity index (χ4n) is 1.14. The summed E-state index contributed by atoms with van der Waals surface area (Å²) in [6, 6.07) is 5.32. The number of pyridine rings is 1. The van der Waals surface area contributed by atoms with Crippen LogP contribution in [0.15, 0.2) is 35.5 Å². The van der Waals surface area contributed by atoms with Gasteiger partial charge in [-0.3, -0.25) is 4.79 Å². The Morgan fingerprint density at radius 2 is 2.47 bits per heavy atom. The van der Waals surface area contributed by atoms with Crippen LogP contribution in [0.2, 0.25) is 0 Å². The monoisotopic (exact) mass is 268 g/mol. The minimum absolute atomic E-state index is 0.0794. The molecule has 0 spiro atoms. The van der Waals surface area contributed by atoms with Crippen molar-refractivity contribution in [3.05, 3.63) is 41.2 Å². The van der Waals surface area contributed by atoms with Crippen molar-refractivity contribution in [3.8, 4) is 0 Å². The second-order valence-electron chi connectivity index (χ2n) is 3.24. The van der Waals surface area contributed by atoms with Crippen LogP contribution in [0.5, 0.6) is 0 Å². The van der Waals surface area contributed by atoms with Crippen LogP contribution in [-0.2, 0) is 0 Å². The largest absolute Gasteiger partial charge is 0.348 e. The number of carbonyl (C=O) groups is 1. The van der Waals surface area contributed by atoms with Gasteiger partial charge >= 0.3 is 0 Å². The first-order chi connectivity index (χ1) is 7.13. The molecule has 1 aromatic heterocycles. The Morgan fingerprint density at radius 1 is 1.73 bits per heavy atom. The number of amides is 1. The highest BCUT2D eigenvalue weighted by molar-refractivity contribution is 9.10. The Bertz CT molecular complexity index is 365. The molecule has 0 saturated carbocycles. The SMILES string of the molecule is C=CCC(C)NC(=O)c1cccc(Br)n1. The van der Waals surface area contributed by atoms with Gasteiger partial charge in [0.15, 0.2) is 0 Å². The summed E-state index contributed by atoms with van der Waals surface area (Å²) >= 11 is 3.22. The number of hydrogen-bond acceptors (Lipinski definition) is 2. The third kappa shape index (κ3) is 3.83. The number of hydrogen-bond donors (Lipinski definition) is 1. The summed E-state index contributed by atoms with van der Waals surface area (Å²) < 4.78 is 0.659. The number of rotatable bonds is 4. The molecule has 1 rings (SSSR count). The molecule has 0 aliphatic carbocycles. The number of carbonyl (C=O) groups excluding carboxylic acids is 1. The maximum absolute atomic E-state index is 11.7. The van der Waals surface area contributed by atoms with Crippen LogP contribution in [0.4, 0.5) is 0 Å². The summed E-state index contributed by atoms with van der Waals surface area (Å²) in [5.41, 5.74) is 0.417. The zero-order chi connectivity index (χ0) is 11.3. The third-order valence-corrected chi connectivity index (χ3v) is 2.29. The van der Waals surface area contributed by atoms with Crippen LogP contribution >= 0.6 is 15.9 Å².